The fourth-order valence-corrected chi connectivity index (χ4v) is 3.17. The molecule has 3 rings (SSSR count). The Labute approximate surface area is 164 Å². The lowest BCUT2D eigenvalue weighted by Gasteiger charge is -2.06. The molecule has 0 bridgehead atoms. The Morgan fingerprint density at radius 3 is 2.93 bits per heavy atom. The largest absolute Gasteiger partial charge is 0.465 e. The number of hydrogen-bond donors (Lipinski definition) is 2. The number of aromatic amines is 1. The third-order valence-electron chi connectivity index (χ3n) is 3.74. The van der Waals surface area contributed by atoms with Gasteiger partial charge in [-0.25, -0.2) is 9.67 Å². The van der Waals surface area contributed by atoms with Gasteiger partial charge in [-0.15, -0.1) is 0 Å². The number of aryl methyl sites for hydroxylation is 1. The van der Waals surface area contributed by atoms with Gasteiger partial charge in [0.2, 0.25) is 5.91 Å². The third-order valence-corrected chi connectivity index (χ3v) is 4.61. The molecule has 0 saturated heterocycles. The molecule has 0 fully saturated rings. The first-order valence-corrected chi connectivity index (χ1v) is 9.56. The molecule has 0 saturated carbocycles. The fourth-order valence-electron chi connectivity index (χ4n) is 2.48. The molecule has 0 unspecified atom stereocenters. The Hall–Kier alpha value is -3.14. The predicted octanol–water partition coefficient (Wildman–Crippen LogP) is 1.19. The van der Waals surface area contributed by atoms with E-state index in [2.05, 4.69) is 20.4 Å². The zero-order valence-electron chi connectivity index (χ0n) is 15.4. The molecule has 1 aromatic carbocycles. The standard InChI is InChI=1S/C18H19N5O4S/c1-3-27-15(25)9-19-14(24)10-28-18-21-16-13(17(26)22-18)8-20-23(16)12-6-4-5-11(2)7-12/h4-8H,3,9-10H2,1-2H3,(H,19,24)(H,21,22,26). The van der Waals surface area contributed by atoms with Crippen molar-refractivity contribution in [2.45, 2.75) is 19.0 Å². The van der Waals surface area contributed by atoms with Crippen LogP contribution in [0, 0.1) is 6.92 Å². The Kier molecular flexibility index (Phi) is 6.09. The molecule has 0 radical (unpaired) electrons. The number of amides is 1. The first kappa shape index (κ1) is 19.6. The van der Waals surface area contributed by atoms with Crippen LogP contribution in [0.3, 0.4) is 0 Å². The summed E-state index contributed by atoms with van der Waals surface area (Å²) in [6.07, 6.45) is 1.46. The molecule has 2 heterocycles. The number of benzene rings is 1. The van der Waals surface area contributed by atoms with Gasteiger partial charge in [0.1, 0.15) is 11.9 Å². The molecule has 0 aliphatic heterocycles. The normalized spacial score (nSPS) is 10.8. The maximum absolute atomic E-state index is 12.3. The van der Waals surface area contributed by atoms with Crippen LogP contribution in [-0.4, -0.2) is 50.5 Å². The molecule has 0 atom stereocenters. The summed E-state index contributed by atoms with van der Waals surface area (Å²) in [5.41, 5.74) is 1.91. The molecule has 0 aliphatic carbocycles. The van der Waals surface area contributed by atoms with Gasteiger partial charge in [0, 0.05) is 0 Å². The van der Waals surface area contributed by atoms with Crippen LogP contribution in [-0.2, 0) is 14.3 Å². The lowest BCUT2D eigenvalue weighted by molar-refractivity contribution is -0.143. The number of nitrogens with one attached hydrogen (secondary N) is 2. The second kappa shape index (κ2) is 8.70. The summed E-state index contributed by atoms with van der Waals surface area (Å²) >= 11 is 1.06. The van der Waals surface area contributed by atoms with Crippen LogP contribution in [0.15, 0.2) is 40.4 Å². The van der Waals surface area contributed by atoms with Crippen LogP contribution in [0.5, 0.6) is 0 Å². The summed E-state index contributed by atoms with van der Waals surface area (Å²) < 4.78 is 6.33. The number of carbonyl (C=O) groups is 2. The Bertz CT molecular complexity index is 1080. The van der Waals surface area contributed by atoms with Crippen molar-refractivity contribution < 1.29 is 14.3 Å². The minimum atomic E-state index is -0.504. The highest BCUT2D eigenvalue weighted by Crippen LogP contribution is 2.18. The number of hydrogen-bond acceptors (Lipinski definition) is 7. The van der Waals surface area contributed by atoms with E-state index in [1.807, 2.05) is 31.2 Å². The lowest BCUT2D eigenvalue weighted by Crippen LogP contribution is -2.31. The molecule has 2 N–H and O–H groups in total. The number of thioether (sulfide) groups is 1. The number of aromatic nitrogens is 4. The second-order valence-electron chi connectivity index (χ2n) is 5.87. The molecule has 0 aliphatic rings. The molecule has 28 heavy (non-hydrogen) atoms. The van der Waals surface area contributed by atoms with Crippen LogP contribution in [0.25, 0.3) is 16.7 Å². The van der Waals surface area contributed by atoms with Crippen molar-refractivity contribution in [2.24, 2.45) is 0 Å². The number of ether oxygens (including phenoxy) is 1. The van der Waals surface area contributed by atoms with Gasteiger partial charge in [0.05, 0.1) is 24.2 Å². The highest BCUT2D eigenvalue weighted by molar-refractivity contribution is 7.99. The van der Waals surface area contributed by atoms with E-state index in [-0.39, 0.29) is 35.5 Å². The quantitative estimate of drug-likeness (QED) is 0.347. The summed E-state index contributed by atoms with van der Waals surface area (Å²) in [6.45, 7) is 3.71. The summed E-state index contributed by atoms with van der Waals surface area (Å²) in [6, 6.07) is 7.67. The van der Waals surface area contributed by atoms with E-state index in [0.29, 0.717) is 11.0 Å². The number of esters is 1. The van der Waals surface area contributed by atoms with Gasteiger partial charge in [-0.2, -0.15) is 5.10 Å². The van der Waals surface area contributed by atoms with E-state index in [9.17, 15) is 14.4 Å². The molecule has 10 heteroatoms. The Balaban J connectivity index is 1.76. The minimum Gasteiger partial charge on any atom is -0.465 e. The fraction of sp³-hybridized carbons (Fsp3) is 0.278. The van der Waals surface area contributed by atoms with Crippen LogP contribution >= 0.6 is 11.8 Å². The topological polar surface area (TPSA) is 119 Å². The summed E-state index contributed by atoms with van der Waals surface area (Å²) in [5, 5.41) is 7.37. The molecule has 9 nitrogen and oxygen atoms in total. The van der Waals surface area contributed by atoms with E-state index < -0.39 is 5.97 Å². The van der Waals surface area contributed by atoms with E-state index in [1.54, 1.807) is 11.6 Å². The van der Waals surface area contributed by atoms with E-state index in [4.69, 9.17) is 4.74 Å². The monoisotopic (exact) mass is 401 g/mol. The third kappa shape index (κ3) is 4.58. The lowest BCUT2D eigenvalue weighted by atomic mass is 10.2. The van der Waals surface area contributed by atoms with E-state index >= 15 is 0 Å². The van der Waals surface area contributed by atoms with E-state index in [1.165, 1.54) is 6.20 Å². The van der Waals surface area contributed by atoms with Gasteiger partial charge < -0.3 is 15.0 Å². The number of carbonyl (C=O) groups excluding carboxylic acids is 2. The van der Waals surface area contributed by atoms with Gasteiger partial charge in [-0.1, -0.05) is 23.9 Å². The number of nitrogens with zero attached hydrogens (tertiary/aromatic N) is 3. The van der Waals surface area contributed by atoms with Crippen LogP contribution in [0.1, 0.15) is 12.5 Å². The average Bonchev–Trinajstić information content (AvgIpc) is 3.09. The van der Waals surface area contributed by atoms with Crippen molar-refractivity contribution in [3.63, 3.8) is 0 Å². The number of fused-ring (bicyclic) bond motifs is 1. The maximum Gasteiger partial charge on any atom is 0.325 e. The van der Waals surface area contributed by atoms with Crippen molar-refractivity contribution in [1.29, 1.82) is 0 Å². The van der Waals surface area contributed by atoms with Gasteiger partial charge in [0.15, 0.2) is 10.8 Å². The predicted molar refractivity (Wildman–Crippen MR) is 105 cm³/mol. The van der Waals surface area contributed by atoms with Crippen molar-refractivity contribution in [2.75, 3.05) is 18.9 Å². The van der Waals surface area contributed by atoms with Gasteiger partial charge in [0.25, 0.3) is 5.56 Å². The maximum atomic E-state index is 12.3. The van der Waals surface area contributed by atoms with E-state index in [0.717, 1.165) is 23.0 Å². The summed E-state index contributed by atoms with van der Waals surface area (Å²) in [4.78, 5) is 42.5. The van der Waals surface area contributed by atoms with Crippen molar-refractivity contribution in [3.8, 4) is 5.69 Å². The average molecular weight is 401 g/mol. The number of rotatable bonds is 7. The van der Waals surface area contributed by atoms with Gasteiger partial charge in [-0.05, 0) is 31.5 Å². The summed E-state index contributed by atoms with van der Waals surface area (Å²) in [5.74, 6) is -0.879. The Morgan fingerprint density at radius 2 is 2.18 bits per heavy atom. The molecular weight excluding hydrogens is 382 g/mol. The molecule has 3 aromatic rings. The molecule has 0 spiro atoms. The van der Waals surface area contributed by atoms with Crippen LogP contribution in [0.2, 0.25) is 0 Å². The van der Waals surface area contributed by atoms with Crippen LogP contribution < -0.4 is 10.9 Å². The second-order valence-corrected chi connectivity index (χ2v) is 6.84. The molecule has 2 aromatic heterocycles. The van der Waals surface area contributed by atoms with Gasteiger partial charge >= 0.3 is 5.97 Å². The van der Waals surface area contributed by atoms with Gasteiger partial charge in [-0.3, -0.25) is 14.4 Å². The summed E-state index contributed by atoms with van der Waals surface area (Å²) in [7, 11) is 0. The molecule has 1 amide bonds. The van der Waals surface area contributed by atoms with Crippen molar-refractivity contribution in [1.82, 2.24) is 25.1 Å². The smallest absolute Gasteiger partial charge is 0.325 e. The highest BCUT2D eigenvalue weighted by atomic mass is 32.2. The molecular formula is C18H19N5O4S. The first-order chi connectivity index (χ1) is 13.5. The SMILES string of the molecule is CCOC(=O)CNC(=O)CSc1nc2c(cnn2-c2cccc(C)c2)c(=O)[nH]1. The van der Waals surface area contributed by atoms with Crippen LogP contribution in [0.4, 0.5) is 0 Å². The number of H-pyrrole nitrogens is 1. The zero-order valence-corrected chi connectivity index (χ0v) is 16.2. The zero-order chi connectivity index (χ0) is 20.1. The minimum absolute atomic E-state index is 0.00751. The van der Waals surface area contributed by atoms with Crippen molar-refractivity contribution in [3.05, 3.63) is 46.4 Å². The van der Waals surface area contributed by atoms with Crippen molar-refractivity contribution >= 4 is 34.7 Å². The molecule has 146 valence electrons. The first-order valence-electron chi connectivity index (χ1n) is 8.58. The highest BCUT2D eigenvalue weighted by Gasteiger charge is 2.13. The Morgan fingerprint density at radius 1 is 1.36 bits per heavy atom.